The van der Waals surface area contributed by atoms with Gasteiger partial charge >= 0.3 is 5.97 Å². The largest absolute Gasteiger partial charge is 0.478 e. The number of furan rings is 1. The summed E-state index contributed by atoms with van der Waals surface area (Å²) in [4.78, 5) is 11.0. The number of aromatic carboxylic acids is 1. The van der Waals surface area contributed by atoms with E-state index in [1.807, 2.05) is 0 Å². The van der Waals surface area contributed by atoms with Gasteiger partial charge in [-0.25, -0.2) is 4.79 Å². The molecule has 0 unspecified atom stereocenters. The van der Waals surface area contributed by atoms with Gasteiger partial charge in [-0.2, -0.15) is 0 Å². The number of hydrogen-bond acceptors (Lipinski definition) is 3. The number of nitrogens with one attached hydrogen (secondary N) is 1. The Morgan fingerprint density at radius 2 is 1.90 bits per heavy atom. The molecular weight excluding hydrogens is 266 g/mol. The molecule has 1 aliphatic carbocycles. The lowest BCUT2D eigenvalue weighted by atomic mass is 9.63. The highest BCUT2D eigenvalue weighted by Crippen LogP contribution is 2.45. The van der Waals surface area contributed by atoms with E-state index in [9.17, 15) is 4.79 Å². The standard InChI is InChI=1S/C17H27NO3/c1-11-14(15(19)20)6-13(21-11)9-18-12-7-16(2,3)10-17(4,5)8-12/h6,12,18H,7-10H2,1-5H3,(H,19,20). The first-order valence-corrected chi connectivity index (χ1v) is 7.64. The first-order chi connectivity index (χ1) is 9.58. The molecule has 0 radical (unpaired) electrons. The molecule has 4 heteroatoms. The van der Waals surface area contributed by atoms with E-state index in [4.69, 9.17) is 9.52 Å². The van der Waals surface area contributed by atoms with E-state index >= 15 is 0 Å². The van der Waals surface area contributed by atoms with Gasteiger partial charge in [-0.3, -0.25) is 0 Å². The van der Waals surface area contributed by atoms with Crippen LogP contribution in [-0.2, 0) is 6.54 Å². The Balaban J connectivity index is 1.99. The van der Waals surface area contributed by atoms with E-state index in [1.165, 1.54) is 6.42 Å². The average Bonchev–Trinajstić information content (AvgIpc) is 2.64. The maximum atomic E-state index is 11.0. The van der Waals surface area contributed by atoms with Crippen LogP contribution in [0.15, 0.2) is 10.5 Å². The summed E-state index contributed by atoms with van der Waals surface area (Å²) in [5.41, 5.74) is 0.936. The molecule has 4 nitrogen and oxygen atoms in total. The molecule has 1 heterocycles. The fourth-order valence-electron chi connectivity index (χ4n) is 4.08. The minimum absolute atomic E-state index is 0.260. The van der Waals surface area contributed by atoms with Crippen LogP contribution in [0.2, 0.25) is 0 Å². The number of hydrogen-bond donors (Lipinski definition) is 2. The first kappa shape index (κ1) is 16.1. The predicted molar refractivity (Wildman–Crippen MR) is 82.4 cm³/mol. The molecule has 0 spiro atoms. The van der Waals surface area contributed by atoms with Crippen molar-refractivity contribution >= 4 is 5.97 Å². The SMILES string of the molecule is Cc1oc(CNC2CC(C)(C)CC(C)(C)C2)cc1C(=O)O. The second-order valence-corrected chi connectivity index (χ2v) is 7.98. The van der Waals surface area contributed by atoms with Crippen molar-refractivity contribution < 1.29 is 14.3 Å². The summed E-state index contributed by atoms with van der Waals surface area (Å²) in [6.07, 6.45) is 3.52. The Hall–Kier alpha value is -1.29. The maximum Gasteiger partial charge on any atom is 0.339 e. The van der Waals surface area contributed by atoms with Gasteiger partial charge in [-0.05, 0) is 43.1 Å². The Kier molecular flexibility index (Phi) is 4.20. The maximum absolute atomic E-state index is 11.0. The smallest absolute Gasteiger partial charge is 0.339 e. The lowest BCUT2D eigenvalue weighted by molar-refractivity contribution is 0.0694. The second-order valence-electron chi connectivity index (χ2n) is 7.98. The Morgan fingerprint density at radius 1 is 1.33 bits per heavy atom. The van der Waals surface area contributed by atoms with Crippen molar-refractivity contribution in [3.05, 3.63) is 23.2 Å². The molecule has 0 aliphatic heterocycles. The quantitative estimate of drug-likeness (QED) is 0.881. The molecule has 21 heavy (non-hydrogen) atoms. The fraction of sp³-hybridized carbons (Fsp3) is 0.706. The van der Waals surface area contributed by atoms with E-state index < -0.39 is 5.97 Å². The van der Waals surface area contributed by atoms with Crippen LogP contribution in [0.25, 0.3) is 0 Å². The van der Waals surface area contributed by atoms with Gasteiger partial charge in [0.25, 0.3) is 0 Å². The zero-order valence-corrected chi connectivity index (χ0v) is 13.7. The van der Waals surface area contributed by atoms with Crippen LogP contribution in [-0.4, -0.2) is 17.1 Å². The minimum atomic E-state index is -0.928. The van der Waals surface area contributed by atoms with Crippen LogP contribution >= 0.6 is 0 Å². The van der Waals surface area contributed by atoms with Crippen molar-refractivity contribution in [1.82, 2.24) is 5.32 Å². The number of carboxylic acid groups (broad SMARTS) is 1. The van der Waals surface area contributed by atoms with Crippen molar-refractivity contribution in [3.8, 4) is 0 Å². The summed E-state index contributed by atoms with van der Waals surface area (Å²) < 4.78 is 5.53. The molecule has 1 fully saturated rings. The zero-order valence-electron chi connectivity index (χ0n) is 13.7. The fourth-order valence-corrected chi connectivity index (χ4v) is 4.08. The van der Waals surface area contributed by atoms with Gasteiger partial charge < -0.3 is 14.8 Å². The third-order valence-corrected chi connectivity index (χ3v) is 4.32. The number of aryl methyl sites for hydroxylation is 1. The highest BCUT2D eigenvalue weighted by atomic mass is 16.4. The Morgan fingerprint density at radius 3 is 2.38 bits per heavy atom. The normalized spacial score (nSPS) is 21.4. The molecule has 0 amide bonds. The number of carbonyl (C=O) groups is 1. The van der Waals surface area contributed by atoms with E-state index in [0.29, 0.717) is 34.9 Å². The molecule has 0 saturated heterocycles. The van der Waals surface area contributed by atoms with Crippen molar-refractivity contribution in [3.63, 3.8) is 0 Å². The molecule has 118 valence electrons. The van der Waals surface area contributed by atoms with E-state index in [1.54, 1.807) is 13.0 Å². The van der Waals surface area contributed by atoms with Crippen molar-refractivity contribution in [2.24, 2.45) is 10.8 Å². The average molecular weight is 293 g/mol. The summed E-state index contributed by atoms with van der Waals surface area (Å²) in [5, 5.41) is 12.6. The van der Waals surface area contributed by atoms with Gasteiger partial charge in [0.1, 0.15) is 17.1 Å². The topological polar surface area (TPSA) is 62.5 Å². The van der Waals surface area contributed by atoms with Crippen LogP contribution in [0.1, 0.15) is 68.8 Å². The lowest BCUT2D eigenvalue weighted by Gasteiger charge is -2.45. The summed E-state index contributed by atoms with van der Waals surface area (Å²) in [5.74, 6) is 0.247. The van der Waals surface area contributed by atoms with Crippen LogP contribution in [0.5, 0.6) is 0 Å². The van der Waals surface area contributed by atoms with Gasteiger partial charge in [-0.15, -0.1) is 0 Å². The molecular formula is C17H27NO3. The number of rotatable bonds is 4. The van der Waals surface area contributed by atoms with Gasteiger partial charge in [-0.1, -0.05) is 27.7 Å². The van der Waals surface area contributed by atoms with Crippen LogP contribution in [0.3, 0.4) is 0 Å². The minimum Gasteiger partial charge on any atom is -0.478 e. The second kappa shape index (κ2) is 5.48. The van der Waals surface area contributed by atoms with Crippen molar-refractivity contribution in [1.29, 1.82) is 0 Å². The van der Waals surface area contributed by atoms with Crippen LogP contribution < -0.4 is 5.32 Å². The summed E-state index contributed by atoms with van der Waals surface area (Å²) >= 11 is 0. The molecule has 2 rings (SSSR count). The molecule has 1 aliphatic rings. The van der Waals surface area contributed by atoms with E-state index in [0.717, 1.165) is 12.8 Å². The van der Waals surface area contributed by atoms with Crippen LogP contribution in [0.4, 0.5) is 0 Å². The summed E-state index contributed by atoms with van der Waals surface area (Å²) in [6, 6.07) is 2.08. The highest BCUT2D eigenvalue weighted by molar-refractivity contribution is 5.88. The first-order valence-electron chi connectivity index (χ1n) is 7.64. The molecule has 0 bridgehead atoms. The van der Waals surface area contributed by atoms with Gasteiger partial charge in [0.2, 0.25) is 0 Å². The third kappa shape index (κ3) is 4.10. The number of carboxylic acids is 1. The molecule has 0 aromatic carbocycles. The molecule has 1 aromatic rings. The van der Waals surface area contributed by atoms with E-state index in [2.05, 4.69) is 33.0 Å². The summed E-state index contributed by atoms with van der Waals surface area (Å²) in [6.45, 7) is 11.6. The lowest BCUT2D eigenvalue weighted by Crippen LogP contribution is -2.43. The Labute approximate surface area is 126 Å². The Bertz CT molecular complexity index is 512. The molecule has 1 saturated carbocycles. The zero-order chi connectivity index (χ0) is 15.8. The molecule has 2 N–H and O–H groups in total. The molecule has 1 aromatic heterocycles. The monoisotopic (exact) mass is 293 g/mol. The van der Waals surface area contributed by atoms with Crippen LogP contribution in [0, 0.1) is 17.8 Å². The highest BCUT2D eigenvalue weighted by Gasteiger charge is 2.38. The van der Waals surface area contributed by atoms with Crippen molar-refractivity contribution in [2.45, 2.75) is 66.5 Å². The molecule has 0 atom stereocenters. The van der Waals surface area contributed by atoms with E-state index in [-0.39, 0.29) is 5.56 Å². The van der Waals surface area contributed by atoms with Gasteiger partial charge in [0.05, 0.1) is 6.54 Å². The van der Waals surface area contributed by atoms with Gasteiger partial charge in [0, 0.05) is 6.04 Å². The van der Waals surface area contributed by atoms with Gasteiger partial charge in [0.15, 0.2) is 0 Å². The third-order valence-electron chi connectivity index (χ3n) is 4.32. The van der Waals surface area contributed by atoms with Crippen molar-refractivity contribution in [2.75, 3.05) is 0 Å². The summed E-state index contributed by atoms with van der Waals surface area (Å²) in [7, 11) is 0. The predicted octanol–water partition coefficient (Wildman–Crippen LogP) is 3.98.